The van der Waals surface area contributed by atoms with E-state index in [0.717, 1.165) is 100 Å². The molecule has 10 heteroatoms. The monoisotopic (exact) mass is 689 g/mol. The minimum atomic E-state index is -0.673. The number of rotatable bonds is 8. The van der Waals surface area contributed by atoms with Gasteiger partial charge in [0.25, 0.3) is 0 Å². The Morgan fingerprint density at radius 2 is 1.96 bits per heavy atom. The SMILES string of the molecule is COC(=O)N[C@H](C(=O)N1[C@@H](C)CC[C@H]1C1=Nc2ccc3cc4c(cc3c2C1)OCc1cc(-c2cnc([C@H]3CC[C@@H](CCO)C3)[nH]2)ccc1-4)C(C)C. The van der Waals surface area contributed by atoms with E-state index in [0.29, 0.717) is 24.9 Å². The van der Waals surface area contributed by atoms with Gasteiger partial charge in [-0.25, -0.2) is 9.78 Å². The minimum absolute atomic E-state index is 0.0418. The fraction of sp³-hybridized carbons (Fsp3) is 0.463. The normalized spacial score (nSPS) is 22.7. The number of aliphatic hydroxyl groups excluding tert-OH is 1. The first-order valence-electron chi connectivity index (χ1n) is 18.5. The van der Waals surface area contributed by atoms with Crippen molar-refractivity contribution in [1.29, 1.82) is 0 Å². The number of ether oxygens (including phenoxy) is 2. The number of hydrogen-bond donors (Lipinski definition) is 3. The van der Waals surface area contributed by atoms with E-state index < -0.39 is 12.1 Å². The number of likely N-dealkylation sites (tertiary alicyclic amines) is 1. The van der Waals surface area contributed by atoms with Gasteiger partial charge in [0.15, 0.2) is 0 Å². The molecule has 1 aromatic heterocycles. The lowest BCUT2D eigenvalue weighted by atomic mass is 9.90. The van der Waals surface area contributed by atoms with Crippen LogP contribution in [0, 0.1) is 11.8 Å². The fourth-order valence-corrected chi connectivity index (χ4v) is 8.89. The smallest absolute Gasteiger partial charge is 0.407 e. The highest BCUT2D eigenvalue weighted by Crippen LogP contribution is 2.45. The summed E-state index contributed by atoms with van der Waals surface area (Å²) in [5.74, 6) is 2.74. The van der Waals surface area contributed by atoms with Crippen molar-refractivity contribution < 1.29 is 24.2 Å². The summed E-state index contributed by atoms with van der Waals surface area (Å²) in [4.78, 5) is 41.4. The number of carbonyl (C=O) groups is 2. The maximum Gasteiger partial charge on any atom is 0.407 e. The van der Waals surface area contributed by atoms with E-state index in [1.807, 2.05) is 24.9 Å². The molecular weight excluding hydrogens is 642 g/mol. The molecule has 1 saturated carbocycles. The van der Waals surface area contributed by atoms with Gasteiger partial charge in [-0.2, -0.15) is 0 Å². The highest BCUT2D eigenvalue weighted by molar-refractivity contribution is 6.06. The molecule has 4 aliphatic rings. The number of aromatic amines is 1. The summed E-state index contributed by atoms with van der Waals surface area (Å²) < 4.78 is 11.3. The van der Waals surface area contributed by atoms with Crippen molar-refractivity contribution in [2.45, 2.75) is 96.4 Å². The van der Waals surface area contributed by atoms with E-state index in [4.69, 9.17) is 19.5 Å². The molecular formula is C41H47N5O5. The third kappa shape index (κ3) is 6.07. The molecule has 2 fully saturated rings. The molecule has 1 aliphatic carbocycles. The molecule has 0 radical (unpaired) electrons. The van der Waals surface area contributed by atoms with Gasteiger partial charge in [0.05, 0.1) is 30.7 Å². The van der Waals surface area contributed by atoms with Crippen molar-refractivity contribution in [2.24, 2.45) is 16.8 Å². The Labute approximate surface area is 298 Å². The Morgan fingerprint density at radius 1 is 1.10 bits per heavy atom. The summed E-state index contributed by atoms with van der Waals surface area (Å²) >= 11 is 0. The van der Waals surface area contributed by atoms with Crippen molar-refractivity contribution in [2.75, 3.05) is 13.7 Å². The van der Waals surface area contributed by atoms with Gasteiger partial charge >= 0.3 is 6.09 Å². The van der Waals surface area contributed by atoms with Crippen LogP contribution in [-0.4, -0.2) is 69.5 Å². The summed E-state index contributed by atoms with van der Waals surface area (Å²) in [6.45, 7) is 6.69. The number of aromatic nitrogens is 2. The third-order valence-electron chi connectivity index (χ3n) is 11.7. The first-order valence-corrected chi connectivity index (χ1v) is 18.5. The molecule has 8 rings (SSSR count). The number of nitrogens with one attached hydrogen (secondary N) is 2. The quantitative estimate of drug-likeness (QED) is 0.176. The van der Waals surface area contributed by atoms with E-state index in [1.165, 1.54) is 12.7 Å². The number of nitrogens with zero attached hydrogens (tertiary/aromatic N) is 3. The van der Waals surface area contributed by atoms with Crippen molar-refractivity contribution >= 4 is 34.2 Å². The van der Waals surface area contributed by atoms with Gasteiger partial charge in [0.1, 0.15) is 24.2 Å². The second kappa shape index (κ2) is 13.5. The lowest BCUT2D eigenvalue weighted by Crippen LogP contribution is -2.55. The van der Waals surface area contributed by atoms with Crippen LogP contribution >= 0.6 is 0 Å². The molecule has 3 N–H and O–H groups in total. The van der Waals surface area contributed by atoms with Gasteiger partial charge in [0, 0.05) is 36.3 Å². The van der Waals surface area contributed by atoms with Crippen LogP contribution in [0.2, 0.25) is 0 Å². The zero-order valence-corrected chi connectivity index (χ0v) is 29.9. The topological polar surface area (TPSA) is 129 Å². The van der Waals surface area contributed by atoms with Crippen LogP contribution in [-0.2, 0) is 22.6 Å². The molecule has 51 heavy (non-hydrogen) atoms. The molecule has 1 saturated heterocycles. The van der Waals surface area contributed by atoms with Crippen molar-refractivity contribution in [1.82, 2.24) is 20.2 Å². The van der Waals surface area contributed by atoms with Gasteiger partial charge in [0.2, 0.25) is 5.91 Å². The Hall–Kier alpha value is -4.70. The van der Waals surface area contributed by atoms with Gasteiger partial charge in [-0.15, -0.1) is 0 Å². The third-order valence-corrected chi connectivity index (χ3v) is 11.7. The van der Waals surface area contributed by atoms with E-state index in [9.17, 15) is 14.7 Å². The number of methoxy groups -OCH3 is 1. The fourth-order valence-electron chi connectivity index (χ4n) is 8.89. The Balaban J connectivity index is 1.03. The number of benzene rings is 3. The summed E-state index contributed by atoms with van der Waals surface area (Å²) in [5, 5.41) is 14.4. The molecule has 0 spiro atoms. The second-order valence-corrected chi connectivity index (χ2v) is 15.2. The average molecular weight is 690 g/mol. The maximum atomic E-state index is 13.9. The molecule has 10 nitrogen and oxygen atoms in total. The van der Waals surface area contributed by atoms with Crippen molar-refractivity contribution in [3.63, 3.8) is 0 Å². The van der Waals surface area contributed by atoms with Gasteiger partial charge in [-0.3, -0.25) is 9.79 Å². The van der Waals surface area contributed by atoms with E-state index in [1.54, 1.807) is 0 Å². The van der Waals surface area contributed by atoms with Crippen molar-refractivity contribution in [3.8, 4) is 28.1 Å². The highest BCUT2D eigenvalue weighted by atomic mass is 16.5. The standard InChI is InChI=1S/C41H47N5O5/c1-22(2)38(45-41(49)50-4)40(48)46-23(3)5-12-36(46)34-18-31-30-19-37-32(17-25(30)9-11-33(31)43-34)29-10-8-26(16-28(29)21-51-37)35-20-42-39(44-35)27-7-6-24(15-27)13-14-47/h8-11,16-17,19-20,22-24,27,36,38,47H,5-7,12-15,18,21H2,1-4H3,(H,42,44)(H,45,49)/t23-,24-,27-,36-,38-/m0/s1. The lowest BCUT2D eigenvalue weighted by Gasteiger charge is -2.33. The molecule has 0 unspecified atom stereocenters. The van der Waals surface area contributed by atoms with Crippen LogP contribution < -0.4 is 10.1 Å². The minimum Gasteiger partial charge on any atom is -0.488 e. The van der Waals surface area contributed by atoms with Crippen LogP contribution in [0.3, 0.4) is 0 Å². The molecule has 4 heterocycles. The number of hydrogen-bond acceptors (Lipinski definition) is 7. The molecule has 4 aromatic rings. The number of carbonyl (C=O) groups excluding carboxylic acids is 2. The van der Waals surface area contributed by atoms with Crippen LogP contribution in [0.1, 0.15) is 82.2 Å². The number of alkyl carbamates (subject to hydrolysis) is 1. The number of H-pyrrole nitrogens is 1. The predicted molar refractivity (Wildman–Crippen MR) is 197 cm³/mol. The number of fused-ring (bicyclic) bond motifs is 6. The van der Waals surface area contributed by atoms with E-state index >= 15 is 0 Å². The van der Waals surface area contributed by atoms with E-state index in [-0.39, 0.29) is 30.5 Å². The maximum absolute atomic E-state index is 13.9. The van der Waals surface area contributed by atoms with E-state index in [2.05, 4.69) is 59.7 Å². The molecule has 266 valence electrons. The molecule has 3 aromatic carbocycles. The number of amides is 2. The van der Waals surface area contributed by atoms with Gasteiger partial charge in [-0.05, 0) is 115 Å². The van der Waals surface area contributed by atoms with Gasteiger partial charge in [-0.1, -0.05) is 32.0 Å². The summed E-state index contributed by atoms with van der Waals surface area (Å²) in [6, 6.07) is 14.5. The lowest BCUT2D eigenvalue weighted by molar-refractivity contribution is -0.135. The number of aliphatic imine (C=N–C) groups is 1. The molecule has 3 aliphatic heterocycles. The molecule has 0 bridgehead atoms. The van der Waals surface area contributed by atoms with Gasteiger partial charge < -0.3 is 29.8 Å². The van der Waals surface area contributed by atoms with Crippen LogP contribution in [0.25, 0.3) is 33.2 Å². The highest BCUT2D eigenvalue weighted by Gasteiger charge is 2.42. The molecule has 5 atom stereocenters. The van der Waals surface area contributed by atoms with Crippen LogP contribution in [0.15, 0.2) is 53.7 Å². The number of aliphatic hydroxyl groups is 1. The largest absolute Gasteiger partial charge is 0.488 e. The zero-order chi connectivity index (χ0) is 35.4. The average Bonchev–Trinajstić information content (AvgIpc) is 3.95. The number of imidazole rings is 1. The first-order chi connectivity index (χ1) is 24.7. The Kier molecular flexibility index (Phi) is 8.82. The molecule has 2 amide bonds. The summed E-state index contributed by atoms with van der Waals surface area (Å²) in [5.41, 5.74) is 8.62. The second-order valence-electron chi connectivity index (χ2n) is 15.2. The Morgan fingerprint density at radius 3 is 2.76 bits per heavy atom. The first kappa shape index (κ1) is 33.4. The summed E-state index contributed by atoms with van der Waals surface area (Å²) in [6.07, 6.45) is 7.95. The zero-order valence-electron chi connectivity index (χ0n) is 29.9. The van der Waals surface area contributed by atoms with Crippen LogP contribution in [0.5, 0.6) is 5.75 Å². The summed E-state index contributed by atoms with van der Waals surface area (Å²) in [7, 11) is 1.31. The van der Waals surface area contributed by atoms with Crippen molar-refractivity contribution in [3.05, 3.63) is 65.6 Å². The van der Waals surface area contributed by atoms with Crippen LogP contribution in [0.4, 0.5) is 10.5 Å². The predicted octanol–water partition coefficient (Wildman–Crippen LogP) is 7.44. The Bertz CT molecular complexity index is 2030.